The van der Waals surface area contributed by atoms with Gasteiger partial charge in [0, 0.05) is 32.7 Å². The van der Waals surface area contributed by atoms with E-state index in [9.17, 15) is 0 Å². The highest BCUT2D eigenvalue weighted by Gasteiger charge is 2.24. The topological polar surface area (TPSA) is 70.6 Å². The number of methoxy groups -OCH3 is 2. The Bertz CT molecular complexity index is 724. The number of hydrogen-bond donors (Lipinski definition) is 2. The molecule has 2 aliphatic heterocycles. The van der Waals surface area contributed by atoms with Crippen LogP contribution in [0.4, 0.5) is 0 Å². The summed E-state index contributed by atoms with van der Waals surface area (Å²) in [7, 11) is 5.56. The standard InChI is InChI=1S/C24H41N5O3/c1-5-25-24(26-16-19-7-6-10-28(2)18-19)27-17-21(29-11-13-32-14-12-29)20-8-9-22(30-3)23(15-20)31-4/h8-9,15,19,21H,5-7,10-14,16-18H2,1-4H3,(H2,25,26,27). The Morgan fingerprint density at radius 1 is 1.16 bits per heavy atom. The summed E-state index contributed by atoms with van der Waals surface area (Å²) in [5.74, 6) is 3.05. The minimum absolute atomic E-state index is 0.148. The van der Waals surface area contributed by atoms with Crippen LogP contribution in [0.2, 0.25) is 0 Å². The Balaban J connectivity index is 1.73. The number of piperidine rings is 1. The number of nitrogens with one attached hydrogen (secondary N) is 2. The molecule has 2 saturated heterocycles. The molecule has 0 aromatic heterocycles. The van der Waals surface area contributed by atoms with E-state index < -0.39 is 0 Å². The first kappa shape index (κ1) is 24.6. The number of guanidine groups is 1. The zero-order valence-corrected chi connectivity index (χ0v) is 20.2. The fourth-order valence-electron chi connectivity index (χ4n) is 4.58. The molecule has 2 atom stereocenters. The van der Waals surface area contributed by atoms with Crippen molar-refractivity contribution >= 4 is 5.96 Å². The van der Waals surface area contributed by atoms with Gasteiger partial charge in [0.1, 0.15) is 0 Å². The number of likely N-dealkylation sites (tertiary alicyclic amines) is 1. The van der Waals surface area contributed by atoms with Crippen LogP contribution in [0.15, 0.2) is 23.2 Å². The monoisotopic (exact) mass is 447 g/mol. The van der Waals surface area contributed by atoms with Gasteiger partial charge in [0.2, 0.25) is 0 Å². The highest BCUT2D eigenvalue weighted by atomic mass is 16.5. The van der Waals surface area contributed by atoms with Crippen LogP contribution >= 0.6 is 0 Å². The van der Waals surface area contributed by atoms with Gasteiger partial charge in [0.05, 0.1) is 40.0 Å². The first-order chi connectivity index (χ1) is 15.6. The lowest BCUT2D eigenvalue weighted by molar-refractivity contribution is 0.0179. The molecule has 1 aromatic carbocycles. The summed E-state index contributed by atoms with van der Waals surface area (Å²) < 4.78 is 16.6. The lowest BCUT2D eigenvalue weighted by atomic mass is 9.99. The highest BCUT2D eigenvalue weighted by Crippen LogP contribution is 2.32. The molecular weight excluding hydrogens is 406 g/mol. The molecule has 32 heavy (non-hydrogen) atoms. The van der Waals surface area contributed by atoms with Crippen LogP contribution in [0.25, 0.3) is 0 Å². The lowest BCUT2D eigenvalue weighted by Crippen LogP contribution is -2.44. The van der Waals surface area contributed by atoms with Gasteiger partial charge < -0.3 is 29.7 Å². The van der Waals surface area contributed by atoms with Crippen molar-refractivity contribution < 1.29 is 14.2 Å². The van der Waals surface area contributed by atoms with Crippen molar-refractivity contribution in [3.8, 4) is 11.5 Å². The molecular formula is C24H41N5O3. The van der Waals surface area contributed by atoms with Gasteiger partial charge in [-0.15, -0.1) is 0 Å². The van der Waals surface area contributed by atoms with Gasteiger partial charge in [-0.1, -0.05) is 6.07 Å². The van der Waals surface area contributed by atoms with Crippen LogP contribution in [0.5, 0.6) is 11.5 Å². The van der Waals surface area contributed by atoms with E-state index >= 15 is 0 Å². The van der Waals surface area contributed by atoms with Gasteiger partial charge in [-0.2, -0.15) is 0 Å². The average molecular weight is 448 g/mol. The maximum Gasteiger partial charge on any atom is 0.191 e. The Morgan fingerprint density at radius 3 is 2.62 bits per heavy atom. The fourth-order valence-corrected chi connectivity index (χ4v) is 4.58. The molecule has 0 spiro atoms. The van der Waals surface area contributed by atoms with E-state index in [-0.39, 0.29) is 6.04 Å². The first-order valence-corrected chi connectivity index (χ1v) is 11.9. The summed E-state index contributed by atoms with van der Waals surface area (Å²) in [6.07, 6.45) is 2.55. The maximum atomic E-state index is 5.59. The number of ether oxygens (including phenoxy) is 3. The van der Waals surface area contributed by atoms with Gasteiger partial charge in [-0.25, -0.2) is 0 Å². The molecule has 0 saturated carbocycles. The summed E-state index contributed by atoms with van der Waals surface area (Å²) in [6, 6.07) is 6.32. The minimum Gasteiger partial charge on any atom is -0.493 e. The number of aliphatic imine (C=N–C) groups is 1. The Labute approximate surface area is 193 Å². The third-order valence-electron chi connectivity index (χ3n) is 6.33. The Morgan fingerprint density at radius 2 is 1.94 bits per heavy atom. The van der Waals surface area contributed by atoms with Gasteiger partial charge in [-0.05, 0) is 57.0 Å². The Kier molecular flexibility index (Phi) is 9.89. The van der Waals surface area contributed by atoms with Crippen molar-refractivity contribution in [2.45, 2.75) is 25.8 Å². The summed E-state index contributed by atoms with van der Waals surface area (Å²) in [4.78, 5) is 9.87. The van der Waals surface area contributed by atoms with Crippen LogP contribution in [-0.4, -0.2) is 96.1 Å². The van der Waals surface area contributed by atoms with Crippen LogP contribution < -0.4 is 20.1 Å². The number of benzene rings is 1. The Hall–Kier alpha value is -2.03. The zero-order chi connectivity index (χ0) is 22.8. The summed E-state index contributed by atoms with van der Waals surface area (Å²) in [5, 5.41) is 7.01. The number of morpholine rings is 1. The molecule has 8 nitrogen and oxygen atoms in total. The molecule has 0 radical (unpaired) electrons. The molecule has 2 N–H and O–H groups in total. The third kappa shape index (κ3) is 6.98. The van der Waals surface area contributed by atoms with E-state index in [1.54, 1.807) is 14.2 Å². The average Bonchev–Trinajstić information content (AvgIpc) is 2.83. The van der Waals surface area contributed by atoms with E-state index in [1.807, 2.05) is 6.07 Å². The number of rotatable bonds is 9. The van der Waals surface area contributed by atoms with E-state index in [2.05, 4.69) is 46.5 Å². The number of nitrogens with zero attached hydrogens (tertiary/aromatic N) is 3. The minimum atomic E-state index is 0.148. The third-order valence-corrected chi connectivity index (χ3v) is 6.33. The fraction of sp³-hybridized carbons (Fsp3) is 0.708. The highest BCUT2D eigenvalue weighted by molar-refractivity contribution is 5.79. The van der Waals surface area contributed by atoms with Crippen LogP contribution in [0, 0.1) is 5.92 Å². The second-order valence-corrected chi connectivity index (χ2v) is 8.65. The summed E-state index contributed by atoms with van der Waals surface area (Å²) >= 11 is 0. The molecule has 2 aliphatic rings. The first-order valence-electron chi connectivity index (χ1n) is 11.9. The molecule has 3 rings (SSSR count). The smallest absolute Gasteiger partial charge is 0.191 e. The van der Waals surface area contributed by atoms with E-state index in [1.165, 1.54) is 24.9 Å². The molecule has 8 heteroatoms. The van der Waals surface area contributed by atoms with Crippen molar-refractivity contribution in [3.05, 3.63) is 23.8 Å². The van der Waals surface area contributed by atoms with Crippen molar-refractivity contribution in [1.82, 2.24) is 20.4 Å². The summed E-state index contributed by atoms with van der Waals surface area (Å²) in [5.41, 5.74) is 1.18. The SMILES string of the molecule is CCNC(=NCC(c1ccc(OC)c(OC)c1)N1CCOCC1)NCC1CCCN(C)C1. The quantitative estimate of drug-likeness (QED) is 0.443. The van der Waals surface area contributed by atoms with Crippen molar-refractivity contribution in [3.63, 3.8) is 0 Å². The van der Waals surface area contributed by atoms with Gasteiger partial charge in [0.15, 0.2) is 17.5 Å². The molecule has 1 aromatic rings. The largest absolute Gasteiger partial charge is 0.493 e. The molecule has 0 aliphatic carbocycles. The van der Waals surface area contributed by atoms with Crippen molar-refractivity contribution in [1.29, 1.82) is 0 Å². The summed E-state index contributed by atoms with van der Waals surface area (Å²) in [6.45, 7) is 10.2. The normalized spacial score (nSPS) is 21.8. The molecule has 0 amide bonds. The zero-order valence-electron chi connectivity index (χ0n) is 20.2. The molecule has 2 unspecified atom stereocenters. The second kappa shape index (κ2) is 12.9. The maximum absolute atomic E-state index is 5.59. The van der Waals surface area contributed by atoms with Gasteiger partial charge in [0.25, 0.3) is 0 Å². The molecule has 2 heterocycles. The predicted octanol–water partition coefficient (Wildman–Crippen LogP) is 1.97. The lowest BCUT2D eigenvalue weighted by Gasteiger charge is -2.34. The van der Waals surface area contributed by atoms with Gasteiger partial charge >= 0.3 is 0 Å². The van der Waals surface area contributed by atoms with Gasteiger partial charge in [-0.3, -0.25) is 9.89 Å². The molecule has 0 bridgehead atoms. The molecule has 2 fully saturated rings. The van der Waals surface area contributed by atoms with Crippen LogP contribution in [0.3, 0.4) is 0 Å². The van der Waals surface area contributed by atoms with E-state index in [0.29, 0.717) is 12.5 Å². The number of hydrogen-bond acceptors (Lipinski definition) is 6. The van der Waals surface area contributed by atoms with Crippen molar-refractivity contribution in [2.24, 2.45) is 10.9 Å². The molecule has 180 valence electrons. The van der Waals surface area contributed by atoms with Crippen LogP contribution in [-0.2, 0) is 4.74 Å². The predicted molar refractivity (Wildman–Crippen MR) is 129 cm³/mol. The van der Waals surface area contributed by atoms with E-state index in [4.69, 9.17) is 19.2 Å². The second-order valence-electron chi connectivity index (χ2n) is 8.65. The van der Waals surface area contributed by atoms with Crippen molar-refractivity contribution in [2.75, 3.05) is 80.3 Å². The van der Waals surface area contributed by atoms with Crippen LogP contribution in [0.1, 0.15) is 31.4 Å². The van der Waals surface area contributed by atoms with E-state index in [0.717, 1.165) is 63.4 Å².